The zero-order valence-electron chi connectivity index (χ0n) is 9.91. The van der Waals surface area contributed by atoms with Crippen LogP contribution in [-0.2, 0) is 14.6 Å². The number of hydrogen-bond acceptors (Lipinski definition) is 6. The molecule has 0 fully saturated rings. The molecule has 0 aromatic carbocycles. The number of nitrogens with zero attached hydrogens (tertiary/aromatic N) is 2. The number of aliphatic carboxylic acids is 1. The Morgan fingerprint density at radius 2 is 2.06 bits per heavy atom. The normalized spacial score (nSPS) is 12.9. The topological polar surface area (TPSA) is 109 Å². The van der Waals surface area contributed by atoms with Crippen molar-refractivity contribution in [1.29, 1.82) is 0 Å². The lowest BCUT2D eigenvalue weighted by Crippen LogP contribution is -2.32. The number of anilines is 1. The molecule has 1 rings (SSSR count). The van der Waals surface area contributed by atoms with Crippen molar-refractivity contribution in [3.8, 4) is 0 Å². The lowest BCUT2D eigenvalue weighted by Gasteiger charge is -2.13. The Bertz CT molecular complexity index is 489. The fourth-order valence-corrected chi connectivity index (χ4v) is 2.11. The number of carbonyl (C=O) groups is 1. The minimum Gasteiger partial charge on any atom is -0.480 e. The van der Waals surface area contributed by atoms with Gasteiger partial charge in [-0.15, -0.1) is 0 Å². The van der Waals surface area contributed by atoms with Gasteiger partial charge in [0.2, 0.25) is 5.95 Å². The Morgan fingerprint density at radius 3 is 2.56 bits per heavy atom. The highest BCUT2D eigenvalue weighted by atomic mass is 32.2. The molecule has 18 heavy (non-hydrogen) atoms. The van der Waals surface area contributed by atoms with E-state index >= 15 is 0 Å². The Hall–Kier alpha value is -1.70. The highest BCUT2D eigenvalue weighted by molar-refractivity contribution is 7.91. The van der Waals surface area contributed by atoms with Gasteiger partial charge in [0, 0.05) is 18.1 Å². The maximum Gasteiger partial charge on any atom is 0.326 e. The first kappa shape index (κ1) is 14.4. The first-order chi connectivity index (χ1) is 8.44. The molecule has 0 aliphatic rings. The van der Waals surface area contributed by atoms with Crippen LogP contribution in [0.1, 0.15) is 13.3 Å². The van der Waals surface area contributed by atoms with E-state index in [0.717, 1.165) is 0 Å². The number of carboxylic acids is 1. The van der Waals surface area contributed by atoms with Crippen molar-refractivity contribution in [2.75, 3.05) is 16.8 Å². The van der Waals surface area contributed by atoms with Gasteiger partial charge in [0.1, 0.15) is 15.9 Å². The van der Waals surface area contributed by atoms with Crippen molar-refractivity contribution in [2.45, 2.75) is 19.4 Å². The van der Waals surface area contributed by atoms with E-state index in [2.05, 4.69) is 15.3 Å². The molecule has 1 aromatic rings. The minimum absolute atomic E-state index is 0.00117. The maximum absolute atomic E-state index is 11.3. The van der Waals surface area contributed by atoms with Gasteiger partial charge in [0.15, 0.2) is 0 Å². The smallest absolute Gasteiger partial charge is 0.326 e. The van der Waals surface area contributed by atoms with Crippen molar-refractivity contribution in [3.05, 3.63) is 18.5 Å². The van der Waals surface area contributed by atoms with Crippen molar-refractivity contribution in [2.24, 2.45) is 0 Å². The van der Waals surface area contributed by atoms with Crippen LogP contribution < -0.4 is 5.32 Å². The minimum atomic E-state index is -3.18. The molecule has 0 spiro atoms. The van der Waals surface area contributed by atoms with Crippen LogP contribution in [0.15, 0.2) is 18.5 Å². The summed E-state index contributed by atoms with van der Waals surface area (Å²) in [5, 5.41) is 11.6. The van der Waals surface area contributed by atoms with Crippen LogP contribution in [0.4, 0.5) is 5.95 Å². The van der Waals surface area contributed by atoms with Crippen LogP contribution in [-0.4, -0.2) is 47.0 Å². The van der Waals surface area contributed by atoms with Gasteiger partial charge < -0.3 is 10.4 Å². The van der Waals surface area contributed by atoms with Gasteiger partial charge in [-0.2, -0.15) is 0 Å². The van der Waals surface area contributed by atoms with Gasteiger partial charge >= 0.3 is 5.97 Å². The number of sulfone groups is 1. The summed E-state index contributed by atoms with van der Waals surface area (Å²) in [5.41, 5.74) is 0. The predicted molar refractivity (Wildman–Crippen MR) is 66.0 cm³/mol. The highest BCUT2D eigenvalue weighted by Crippen LogP contribution is 2.05. The fraction of sp³-hybridized carbons (Fsp3) is 0.500. The van der Waals surface area contributed by atoms with E-state index in [9.17, 15) is 13.2 Å². The van der Waals surface area contributed by atoms with Gasteiger partial charge in [0.05, 0.1) is 5.75 Å². The van der Waals surface area contributed by atoms with Gasteiger partial charge in [-0.1, -0.05) is 6.92 Å². The second-order valence-electron chi connectivity index (χ2n) is 3.63. The quantitative estimate of drug-likeness (QED) is 0.728. The third-order valence-corrected chi connectivity index (χ3v) is 4.06. The van der Waals surface area contributed by atoms with E-state index < -0.39 is 21.8 Å². The van der Waals surface area contributed by atoms with Crippen LogP contribution in [0, 0.1) is 0 Å². The van der Waals surface area contributed by atoms with Gasteiger partial charge in [-0.3, -0.25) is 0 Å². The van der Waals surface area contributed by atoms with Crippen molar-refractivity contribution < 1.29 is 18.3 Å². The van der Waals surface area contributed by atoms with Crippen LogP contribution in [0.25, 0.3) is 0 Å². The highest BCUT2D eigenvalue weighted by Gasteiger charge is 2.21. The molecule has 2 N–H and O–H groups in total. The molecular weight excluding hydrogens is 258 g/mol. The number of nitrogens with one attached hydrogen (secondary N) is 1. The van der Waals surface area contributed by atoms with E-state index in [1.807, 2.05) is 0 Å². The molecule has 1 heterocycles. The van der Waals surface area contributed by atoms with Crippen LogP contribution in [0.5, 0.6) is 0 Å². The van der Waals surface area contributed by atoms with Crippen LogP contribution in [0.3, 0.4) is 0 Å². The SMILES string of the molecule is CCS(=O)(=O)CCC(Nc1ncccn1)C(=O)O. The van der Waals surface area contributed by atoms with Crippen molar-refractivity contribution in [3.63, 3.8) is 0 Å². The summed E-state index contributed by atoms with van der Waals surface area (Å²) in [6.07, 6.45) is 2.91. The summed E-state index contributed by atoms with van der Waals surface area (Å²) in [7, 11) is -3.18. The zero-order valence-corrected chi connectivity index (χ0v) is 10.7. The largest absolute Gasteiger partial charge is 0.480 e. The van der Waals surface area contributed by atoms with Crippen molar-refractivity contribution >= 4 is 21.8 Å². The molecule has 0 aliphatic carbocycles. The van der Waals surface area contributed by atoms with E-state index in [1.54, 1.807) is 6.07 Å². The predicted octanol–water partition coefficient (Wildman–Crippen LogP) is 0.166. The second-order valence-corrected chi connectivity index (χ2v) is 6.11. The van der Waals surface area contributed by atoms with Crippen LogP contribution in [0.2, 0.25) is 0 Å². The molecule has 0 saturated carbocycles. The average molecular weight is 273 g/mol. The summed E-state index contributed by atoms with van der Waals surface area (Å²) < 4.78 is 22.7. The Balaban J connectivity index is 2.65. The van der Waals surface area contributed by atoms with Crippen molar-refractivity contribution in [1.82, 2.24) is 9.97 Å². The summed E-state index contributed by atoms with van der Waals surface area (Å²) in [4.78, 5) is 18.7. The zero-order chi connectivity index (χ0) is 13.6. The number of rotatable bonds is 7. The molecule has 0 aliphatic heterocycles. The average Bonchev–Trinajstić information content (AvgIpc) is 2.35. The standard InChI is InChI=1S/C10H15N3O4S/c1-2-18(16,17)7-4-8(9(14)15)13-10-11-5-3-6-12-10/h3,5-6,8H,2,4,7H2,1H3,(H,14,15)(H,11,12,13). The summed E-state index contributed by atoms with van der Waals surface area (Å²) in [6.45, 7) is 1.53. The molecule has 8 heteroatoms. The summed E-state index contributed by atoms with van der Waals surface area (Å²) >= 11 is 0. The first-order valence-electron chi connectivity index (χ1n) is 5.41. The number of hydrogen-bond donors (Lipinski definition) is 2. The molecule has 7 nitrogen and oxygen atoms in total. The van der Waals surface area contributed by atoms with E-state index in [1.165, 1.54) is 19.3 Å². The Kier molecular flexibility index (Phi) is 5.02. The monoisotopic (exact) mass is 273 g/mol. The summed E-state index contributed by atoms with van der Waals surface area (Å²) in [6, 6.07) is 0.580. The molecule has 1 unspecified atom stereocenters. The third-order valence-electron chi connectivity index (χ3n) is 2.32. The lowest BCUT2D eigenvalue weighted by atomic mass is 10.2. The fourth-order valence-electron chi connectivity index (χ4n) is 1.23. The molecule has 0 bridgehead atoms. The van der Waals surface area contributed by atoms with Crippen LogP contribution >= 0.6 is 0 Å². The Labute approximate surface area is 105 Å². The molecule has 0 amide bonds. The number of aromatic nitrogens is 2. The molecule has 0 saturated heterocycles. The van der Waals surface area contributed by atoms with Gasteiger partial charge in [-0.05, 0) is 12.5 Å². The van der Waals surface area contributed by atoms with Gasteiger partial charge in [0.25, 0.3) is 0 Å². The van der Waals surface area contributed by atoms with E-state index in [4.69, 9.17) is 5.11 Å². The van der Waals surface area contributed by atoms with Gasteiger partial charge in [-0.25, -0.2) is 23.2 Å². The molecule has 1 atom stereocenters. The Morgan fingerprint density at radius 1 is 1.44 bits per heavy atom. The maximum atomic E-state index is 11.3. The molecule has 100 valence electrons. The number of carboxylic acid groups (broad SMARTS) is 1. The molecule has 1 aromatic heterocycles. The van der Waals surface area contributed by atoms with E-state index in [0.29, 0.717) is 0 Å². The lowest BCUT2D eigenvalue weighted by molar-refractivity contribution is -0.137. The molecule has 0 radical (unpaired) electrons. The third kappa shape index (κ3) is 4.66. The summed E-state index contributed by atoms with van der Waals surface area (Å²) in [5.74, 6) is -1.14. The first-order valence-corrected chi connectivity index (χ1v) is 7.23. The van der Waals surface area contributed by atoms with E-state index in [-0.39, 0.29) is 23.9 Å². The second kappa shape index (κ2) is 6.29. The molecular formula is C10H15N3O4S.